The van der Waals surface area contributed by atoms with Crippen molar-refractivity contribution in [1.29, 1.82) is 0 Å². The number of rotatable bonds is 9. The third-order valence-electron chi connectivity index (χ3n) is 5.93. The minimum atomic E-state index is -0.981. The summed E-state index contributed by atoms with van der Waals surface area (Å²) in [5.41, 5.74) is 1.92. The Morgan fingerprint density at radius 3 is 2.46 bits per heavy atom. The molecule has 4 rings (SSSR count). The second-order valence-corrected chi connectivity index (χ2v) is 8.44. The second kappa shape index (κ2) is 10.3. The van der Waals surface area contributed by atoms with Crippen LogP contribution in [0, 0.1) is 21.8 Å². The van der Waals surface area contributed by atoms with Crippen LogP contribution < -0.4 is 4.74 Å². The summed E-state index contributed by atoms with van der Waals surface area (Å²) >= 11 is 0. The number of carboxylic acids is 1. The molecule has 35 heavy (non-hydrogen) atoms. The molecule has 178 valence electrons. The number of nitro benzene ring substituents is 1. The molecule has 1 atom stereocenters. The lowest BCUT2D eigenvalue weighted by Crippen LogP contribution is -2.13. The zero-order valence-electron chi connectivity index (χ0n) is 19.1. The van der Waals surface area contributed by atoms with Gasteiger partial charge in [0.05, 0.1) is 17.4 Å². The highest BCUT2D eigenvalue weighted by molar-refractivity contribution is 5.89. The third kappa shape index (κ3) is 5.46. The van der Waals surface area contributed by atoms with Crippen molar-refractivity contribution in [3.63, 3.8) is 0 Å². The number of carbonyl (C=O) groups is 1. The van der Waals surface area contributed by atoms with Crippen LogP contribution in [0.3, 0.4) is 0 Å². The molecular formula is C28H24FNO5. The summed E-state index contributed by atoms with van der Waals surface area (Å²) in [5, 5.41) is 23.3. The molecule has 0 radical (unpaired) electrons. The number of benzene rings is 4. The Labute approximate surface area is 201 Å². The highest BCUT2D eigenvalue weighted by atomic mass is 19.1. The molecule has 0 bridgehead atoms. The van der Waals surface area contributed by atoms with Crippen molar-refractivity contribution in [1.82, 2.24) is 0 Å². The fourth-order valence-electron chi connectivity index (χ4n) is 4.05. The zero-order chi connectivity index (χ0) is 24.9. The van der Waals surface area contributed by atoms with E-state index >= 15 is 0 Å². The van der Waals surface area contributed by atoms with Crippen LogP contribution in [-0.2, 0) is 17.6 Å². The van der Waals surface area contributed by atoms with Crippen LogP contribution in [0.15, 0.2) is 78.9 Å². The summed E-state index contributed by atoms with van der Waals surface area (Å²) in [7, 11) is 0. The van der Waals surface area contributed by atoms with Gasteiger partial charge < -0.3 is 9.84 Å². The molecule has 6 nitrogen and oxygen atoms in total. The molecule has 7 heteroatoms. The van der Waals surface area contributed by atoms with Crippen LogP contribution >= 0.6 is 0 Å². The fraction of sp³-hybridized carbons (Fsp3) is 0.179. The maximum atomic E-state index is 14.0. The van der Waals surface area contributed by atoms with E-state index in [1.165, 1.54) is 12.1 Å². The summed E-state index contributed by atoms with van der Waals surface area (Å²) in [6.45, 7) is 1.59. The highest BCUT2D eigenvalue weighted by Crippen LogP contribution is 2.41. The molecule has 0 fully saturated rings. The van der Waals surface area contributed by atoms with Crippen molar-refractivity contribution in [3.8, 4) is 16.9 Å². The number of hydrogen-bond donors (Lipinski definition) is 1. The molecule has 0 aliphatic carbocycles. The third-order valence-corrected chi connectivity index (χ3v) is 5.93. The minimum Gasteiger partial charge on any atom is -0.486 e. The number of nitrogens with zero attached hydrogens (tertiary/aromatic N) is 1. The average molecular weight is 474 g/mol. The summed E-state index contributed by atoms with van der Waals surface area (Å²) in [6.07, 6.45) is 0.366. The quantitative estimate of drug-likeness (QED) is 0.223. The number of carboxylic acid groups (broad SMARTS) is 1. The number of nitro groups is 1. The van der Waals surface area contributed by atoms with E-state index in [1.54, 1.807) is 31.2 Å². The van der Waals surface area contributed by atoms with Gasteiger partial charge in [-0.3, -0.25) is 14.9 Å². The normalized spacial score (nSPS) is 11.8. The predicted octanol–water partition coefficient (Wildman–Crippen LogP) is 6.44. The number of ether oxygens (including phenoxy) is 1. The van der Waals surface area contributed by atoms with Crippen molar-refractivity contribution in [2.24, 2.45) is 5.92 Å². The van der Waals surface area contributed by atoms with Crippen molar-refractivity contribution in [2.45, 2.75) is 19.8 Å². The van der Waals surface area contributed by atoms with Crippen LogP contribution in [0.4, 0.5) is 10.1 Å². The van der Waals surface area contributed by atoms with Gasteiger partial charge in [0.25, 0.3) is 0 Å². The summed E-state index contributed by atoms with van der Waals surface area (Å²) in [5.74, 6) is -1.98. The number of fused-ring (bicyclic) bond motifs is 1. The first-order valence-corrected chi connectivity index (χ1v) is 11.2. The highest BCUT2D eigenvalue weighted by Gasteiger charge is 2.24. The predicted molar refractivity (Wildman–Crippen MR) is 132 cm³/mol. The first-order chi connectivity index (χ1) is 16.8. The Balaban J connectivity index is 1.78. The zero-order valence-corrected chi connectivity index (χ0v) is 19.1. The van der Waals surface area contributed by atoms with E-state index in [4.69, 9.17) is 4.74 Å². The van der Waals surface area contributed by atoms with Crippen molar-refractivity contribution in [2.75, 3.05) is 6.61 Å². The molecule has 0 spiro atoms. The lowest BCUT2D eigenvalue weighted by Gasteiger charge is -2.16. The van der Waals surface area contributed by atoms with E-state index in [9.17, 15) is 24.4 Å². The first-order valence-electron chi connectivity index (χ1n) is 11.2. The van der Waals surface area contributed by atoms with E-state index in [2.05, 4.69) is 0 Å². The molecule has 0 aliphatic rings. The summed E-state index contributed by atoms with van der Waals surface area (Å²) < 4.78 is 20.0. The van der Waals surface area contributed by atoms with Gasteiger partial charge in [-0.1, -0.05) is 61.5 Å². The van der Waals surface area contributed by atoms with Crippen molar-refractivity contribution >= 4 is 22.4 Å². The maximum absolute atomic E-state index is 14.0. The molecule has 0 heterocycles. The molecule has 4 aromatic carbocycles. The maximum Gasteiger partial charge on any atom is 0.311 e. The molecule has 1 N–H and O–H groups in total. The van der Waals surface area contributed by atoms with E-state index in [-0.39, 0.29) is 36.7 Å². The van der Waals surface area contributed by atoms with E-state index in [1.807, 2.05) is 42.5 Å². The van der Waals surface area contributed by atoms with Gasteiger partial charge in [0, 0.05) is 18.1 Å². The van der Waals surface area contributed by atoms with Crippen LogP contribution in [0.1, 0.15) is 18.1 Å². The SMILES string of the molecule is CC(Cc1cc(-c2ccc3ccccc3c2)c(OCCc2ccccc2F)c([N+](=O)[O-])c1)C(=O)O. The fourth-order valence-corrected chi connectivity index (χ4v) is 4.05. The van der Waals surface area contributed by atoms with E-state index in [0.717, 1.165) is 10.8 Å². The van der Waals surface area contributed by atoms with Crippen molar-refractivity contribution in [3.05, 3.63) is 106 Å². The van der Waals surface area contributed by atoms with Crippen LogP contribution in [0.5, 0.6) is 5.75 Å². The van der Waals surface area contributed by atoms with Crippen LogP contribution in [0.25, 0.3) is 21.9 Å². The molecule has 0 saturated heterocycles. The largest absolute Gasteiger partial charge is 0.486 e. The van der Waals surface area contributed by atoms with Crippen LogP contribution in [-0.4, -0.2) is 22.6 Å². The number of halogens is 1. The average Bonchev–Trinajstić information content (AvgIpc) is 2.85. The van der Waals surface area contributed by atoms with Gasteiger partial charge in [-0.25, -0.2) is 4.39 Å². The van der Waals surface area contributed by atoms with Gasteiger partial charge in [-0.2, -0.15) is 0 Å². The van der Waals surface area contributed by atoms with Gasteiger partial charge in [0.15, 0.2) is 0 Å². The molecule has 0 aliphatic heterocycles. The topological polar surface area (TPSA) is 89.7 Å². The Kier molecular flexibility index (Phi) is 7.06. The minimum absolute atomic E-state index is 0.0350. The molecule has 0 aromatic heterocycles. The van der Waals surface area contributed by atoms with E-state index < -0.39 is 16.8 Å². The lowest BCUT2D eigenvalue weighted by molar-refractivity contribution is -0.385. The van der Waals surface area contributed by atoms with Crippen molar-refractivity contribution < 1.29 is 24.0 Å². The van der Waals surface area contributed by atoms with E-state index in [0.29, 0.717) is 22.3 Å². The Hall–Kier alpha value is -4.26. The Morgan fingerprint density at radius 1 is 1.03 bits per heavy atom. The standard InChI is InChI=1S/C28H24FNO5/c1-18(28(31)32)14-19-15-24(23-11-10-20-6-2-3-8-22(20)17-23)27(26(16-19)30(33)34)35-13-12-21-7-4-5-9-25(21)29/h2-11,15-18H,12-14H2,1H3,(H,31,32). The van der Waals surface area contributed by atoms with Gasteiger partial charge in [-0.15, -0.1) is 0 Å². The molecule has 0 saturated carbocycles. The first kappa shape index (κ1) is 23.9. The summed E-state index contributed by atoms with van der Waals surface area (Å²) in [6, 6.07) is 22.9. The van der Waals surface area contributed by atoms with Gasteiger partial charge in [-0.05, 0) is 52.1 Å². The van der Waals surface area contributed by atoms with Gasteiger partial charge >= 0.3 is 11.7 Å². The number of aliphatic carboxylic acids is 1. The Bertz CT molecular complexity index is 1400. The molecular weight excluding hydrogens is 449 g/mol. The molecule has 4 aromatic rings. The Morgan fingerprint density at radius 2 is 1.74 bits per heavy atom. The number of hydrogen-bond acceptors (Lipinski definition) is 4. The summed E-state index contributed by atoms with van der Waals surface area (Å²) in [4.78, 5) is 22.9. The monoisotopic (exact) mass is 473 g/mol. The second-order valence-electron chi connectivity index (χ2n) is 8.44. The van der Waals surface area contributed by atoms with Gasteiger partial charge in [0.2, 0.25) is 5.75 Å². The lowest BCUT2D eigenvalue weighted by atomic mass is 9.94. The molecule has 0 amide bonds. The van der Waals surface area contributed by atoms with Gasteiger partial charge in [0.1, 0.15) is 5.82 Å². The van der Waals surface area contributed by atoms with Crippen LogP contribution in [0.2, 0.25) is 0 Å². The smallest absolute Gasteiger partial charge is 0.311 e. The molecule has 1 unspecified atom stereocenters.